The summed E-state index contributed by atoms with van der Waals surface area (Å²) in [6.45, 7) is 0.0211. The minimum absolute atomic E-state index is 0.0211. The molecule has 0 radical (unpaired) electrons. The van der Waals surface area contributed by atoms with Gasteiger partial charge in [0.1, 0.15) is 17.8 Å². The first-order chi connectivity index (χ1) is 17.6. The summed E-state index contributed by atoms with van der Waals surface area (Å²) < 4.78 is 67.1. The van der Waals surface area contributed by atoms with E-state index < -0.39 is 36.0 Å². The second-order valence-electron chi connectivity index (χ2n) is 10.1. The molecule has 198 valence electrons. The van der Waals surface area contributed by atoms with Crippen LogP contribution in [0.4, 0.5) is 34.1 Å². The smallest absolute Gasteiger partial charge is 0.421 e. The van der Waals surface area contributed by atoms with E-state index in [1.807, 2.05) is 0 Å². The molecule has 14 heteroatoms. The van der Waals surface area contributed by atoms with Gasteiger partial charge in [0.2, 0.25) is 5.95 Å². The number of aromatic amines is 1. The van der Waals surface area contributed by atoms with Crippen LogP contribution in [0.2, 0.25) is 0 Å². The molecule has 3 aromatic rings. The first kappa shape index (κ1) is 23.9. The number of hydrogen-bond donors (Lipinski definition) is 3. The number of imidazole rings is 1. The topological polar surface area (TPSA) is 118 Å². The van der Waals surface area contributed by atoms with Crippen LogP contribution in [0.1, 0.15) is 55.0 Å². The SMILES string of the molecule is COCc1cn2c(Nc3cc([C@@H]4CC[C@H](OC(=O)NC56CC(C5)C6)[C@@H]4F)[nH]n3)ncc(C(F)(F)F)c2n1. The van der Waals surface area contributed by atoms with Gasteiger partial charge in [-0.3, -0.25) is 9.50 Å². The summed E-state index contributed by atoms with van der Waals surface area (Å²) >= 11 is 0. The van der Waals surface area contributed by atoms with E-state index in [-0.39, 0.29) is 29.6 Å². The molecule has 4 aliphatic carbocycles. The van der Waals surface area contributed by atoms with Crippen molar-refractivity contribution in [2.75, 3.05) is 12.4 Å². The summed E-state index contributed by atoms with van der Waals surface area (Å²) in [5, 5.41) is 12.7. The summed E-state index contributed by atoms with van der Waals surface area (Å²) in [6.07, 6.45) is -1.71. The maximum atomic E-state index is 15.2. The van der Waals surface area contributed by atoms with E-state index in [1.165, 1.54) is 17.7 Å². The fraction of sp³-hybridized carbons (Fsp3) is 0.565. The van der Waals surface area contributed by atoms with E-state index in [4.69, 9.17) is 9.47 Å². The van der Waals surface area contributed by atoms with Gasteiger partial charge < -0.3 is 20.1 Å². The number of hydrogen-bond acceptors (Lipinski definition) is 7. The number of rotatable bonds is 7. The van der Waals surface area contributed by atoms with Gasteiger partial charge in [-0.2, -0.15) is 18.3 Å². The third kappa shape index (κ3) is 4.26. The Bertz CT molecular complexity index is 1320. The average molecular weight is 523 g/mol. The Morgan fingerprint density at radius 1 is 1.30 bits per heavy atom. The first-order valence-corrected chi connectivity index (χ1v) is 12.0. The lowest BCUT2D eigenvalue weighted by Crippen LogP contribution is -2.68. The maximum Gasteiger partial charge on any atom is 0.421 e. The van der Waals surface area contributed by atoms with Crippen molar-refractivity contribution in [2.24, 2.45) is 5.92 Å². The van der Waals surface area contributed by atoms with Gasteiger partial charge in [0.25, 0.3) is 0 Å². The third-order valence-corrected chi connectivity index (χ3v) is 7.54. The van der Waals surface area contributed by atoms with Gasteiger partial charge in [-0.15, -0.1) is 0 Å². The van der Waals surface area contributed by atoms with Crippen LogP contribution in [0, 0.1) is 5.92 Å². The van der Waals surface area contributed by atoms with Gasteiger partial charge in [0.15, 0.2) is 11.5 Å². The van der Waals surface area contributed by atoms with Gasteiger partial charge in [-0.25, -0.2) is 19.2 Å². The Balaban J connectivity index is 1.15. The molecule has 10 nitrogen and oxygen atoms in total. The highest BCUT2D eigenvalue weighted by atomic mass is 19.4. The Hall–Kier alpha value is -3.42. The highest BCUT2D eigenvalue weighted by Crippen LogP contribution is 2.57. The minimum Gasteiger partial charge on any atom is -0.443 e. The standard InChI is InChI=1S/C23H25F4N7O3/c1-36-10-12-9-34-19(29-12)14(23(25,26)27)8-28-20(34)30-17-4-15(32-33-17)13-2-3-16(18(13)24)37-21(35)31-22-5-11(6-22)7-22/h4,8-9,11,13,16,18H,2-3,5-7,10H2,1H3,(H,31,35)(H2,28,30,32,33)/t11?,13-,16-,18+,22?/m0/s1. The monoisotopic (exact) mass is 523 g/mol. The van der Waals surface area contributed by atoms with Crippen molar-refractivity contribution in [2.45, 2.75) is 68.6 Å². The number of ether oxygens (including phenoxy) is 2. The average Bonchev–Trinajstić information content (AvgIpc) is 3.49. The van der Waals surface area contributed by atoms with Crippen molar-refractivity contribution < 1.29 is 31.8 Å². The van der Waals surface area contributed by atoms with Crippen molar-refractivity contribution in [3.63, 3.8) is 0 Å². The predicted molar refractivity (Wildman–Crippen MR) is 121 cm³/mol. The number of nitrogens with one attached hydrogen (secondary N) is 3. The van der Waals surface area contributed by atoms with Crippen molar-refractivity contribution in [3.8, 4) is 0 Å². The van der Waals surface area contributed by atoms with Crippen molar-refractivity contribution in [1.82, 2.24) is 29.9 Å². The molecule has 4 aliphatic rings. The molecule has 0 aromatic carbocycles. The summed E-state index contributed by atoms with van der Waals surface area (Å²) in [6, 6.07) is 1.57. The molecule has 3 N–H and O–H groups in total. The summed E-state index contributed by atoms with van der Waals surface area (Å²) in [5.74, 6) is 0.412. The normalized spacial score (nSPS) is 28.6. The molecule has 2 bridgehead atoms. The van der Waals surface area contributed by atoms with Crippen molar-refractivity contribution in [3.05, 3.63) is 35.4 Å². The molecule has 0 saturated heterocycles. The second kappa shape index (κ2) is 8.57. The highest BCUT2D eigenvalue weighted by Gasteiger charge is 2.58. The Kier molecular flexibility index (Phi) is 5.55. The Labute approximate surface area is 208 Å². The van der Waals surface area contributed by atoms with Crippen LogP contribution in [-0.2, 0) is 22.3 Å². The number of halogens is 4. The zero-order valence-electron chi connectivity index (χ0n) is 19.8. The van der Waals surface area contributed by atoms with Gasteiger partial charge >= 0.3 is 12.3 Å². The van der Waals surface area contributed by atoms with Gasteiger partial charge in [-0.1, -0.05) is 0 Å². The lowest BCUT2D eigenvalue weighted by atomic mass is 9.50. The van der Waals surface area contributed by atoms with E-state index >= 15 is 4.39 Å². The van der Waals surface area contributed by atoms with Crippen molar-refractivity contribution in [1.29, 1.82) is 0 Å². The third-order valence-electron chi connectivity index (χ3n) is 7.54. The van der Waals surface area contributed by atoms with Crippen LogP contribution < -0.4 is 10.6 Å². The zero-order valence-corrected chi connectivity index (χ0v) is 19.8. The Morgan fingerprint density at radius 2 is 2.08 bits per heavy atom. The molecule has 37 heavy (non-hydrogen) atoms. The fourth-order valence-corrected chi connectivity index (χ4v) is 5.63. The van der Waals surface area contributed by atoms with Gasteiger partial charge in [0.05, 0.1) is 12.3 Å². The maximum absolute atomic E-state index is 15.2. The number of carbonyl (C=O) groups is 1. The van der Waals surface area contributed by atoms with Crippen LogP contribution in [0.25, 0.3) is 5.65 Å². The number of methoxy groups -OCH3 is 1. The van der Waals surface area contributed by atoms with E-state index in [1.54, 1.807) is 6.07 Å². The van der Waals surface area contributed by atoms with Crippen molar-refractivity contribution >= 4 is 23.5 Å². The predicted octanol–water partition coefficient (Wildman–Crippen LogP) is 4.22. The summed E-state index contributed by atoms with van der Waals surface area (Å²) in [4.78, 5) is 20.2. The van der Waals surface area contributed by atoms with Gasteiger partial charge in [-0.05, 0) is 38.0 Å². The second-order valence-corrected chi connectivity index (χ2v) is 10.1. The molecule has 1 amide bonds. The van der Waals surface area contributed by atoms with E-state index in [0.29, 0.717) is 36.3 Å². The minimum atomic E-state index is -4.64. The molecular weight excluding hydrogens is 498 g/mol. The Morgan fingerprint density at radius 3 is 2.76 bits per heavy atom. The number of anilines is 2. The highest BCUT2D eigenvalue weighted by molar-refractivity contribution is 5.69. The molecule has 0 unspecified atom stereocenters. The van der Waals surface area contributed by atoms with E-state index in [2.05, 4.69) is 30.8 Å². The van der Waals surface area contributed by atoms with Crippen LogP contribution in [0.5, 0.6) is 0 Å². The number of nitrogens with zero attached hydrogens (tertiary/aromatic N) is 4. The van der Waals surface area contributed by atoms with Crippen LogP contribution in [0.3, 0.4) is 0 Å². The van der Waals surface area contributed by atoms with E-state index in [0.717, 1.165) is 19.3 Å². The zero-order chi connectivity index (χ0) is 25.9. The van der Waals surface area contributed by atoms with E-state index in [9.17, 15) is 18.0 Å². The summed E-state index contributed by atoms with van der Waals surface area (Å²) in [5.41, 5.74) is -0.688. The summed E-state index contributed by atoms with van der Waals surface area (Å²) in [7, 11) is 1.41. The molecule has 7 rings (SSSR count). The lowest BCUT2D eigenvalue weighted by Gasteiger charge is -2.61. The molecule has 0 spiro atoms. The van der Waals surface area contributed by atoms with Gasteiger partial charge in [0, 0.05) is 42.7 Å². The number of H-pyrrole nitrogens is 1. The fourth-order valence-electron chi connectivity index (χ4n) is 5.63. The molecule has 3 aromatic heterocycles. The molecule has 3 heterocycles. The number of aromatic nitrogens is 5. The van der Waals surface area contributed by atoms with Crippen LogP contribution >= 0.6 is 0 Å². The number of alkyl carbamates (subject to hydrolysis) is 1. The van der Waals surface area contributed by atoms with Crippen LogP contribution in [-0.4, -0.2) is 55.6 Å². The van der Waals surface area contributed by atoms with Crippen LogP contribution in [0.15, 0.2) is 18.5 Å². The largest absolute Gasteiger partial charge is 0.443 e. The molecule has 0 aliphatic heterocycles. The number of alkyl halides is 4. The number of carbonyl (C=O) groups excluding carboxylic acids is 1. The molecule has 3 atom stereocenters. The number of amides is 1. The number of fused-ring (bicyclic) bond motifs is 1. The lowest BCUT2D eigenvalue weighted by molar-refractivity contribution is -0.136. The molecule has 4 fully saturated rings. The quantitative estimate of drug-likeness (QED) is 0.397. The molecular formula is C23H25F4N7O3. The molecule has 4 saturated carbocycles. The first-order valence-electron chi connectivity index (χ1n) is 12.0.